The van der Waals surface area contributed by atoms with Gasteiger partial charge in [0.1, 0.15) is 0 Å². The first kappa shape index (κ1) is 17.1. The molecule has 1 aliphatic heterocycles. The summed E-state index contributed by atoms with van der Waals surface area (Å²) in [7, 11) is 0. The van der Waals surface area contributed by atoms with Crippen LogP contribution in [-0.4, -0.2) is 37.0 Å². The number of nitrogens with one attached hydrogen (secondary N) is 1. The molecule has 3 N–H and O–H groups in total. The van der Waals surface area contributed by atoms with Gasteiger partial charge in [-0.15, -0.1) is 0 Å². The molecule has 0 aromatic heterocycles. The third kappa shape index (κ3) is 4.04. The molecule has 0 aliphatic carbocycles. The van der Waals surface area contributed by atoms with Crippen molar-refractivity contribution < 1.29 is 4.79 Å². The van der Waals surface area contributed by atoms with Crippen LogP contribution in [0.15, 0.2) is 59.1 Å². The maximum atomic E-state index is 12.4. The molecular formula is C19H22BrN3O. The van der Waals surface area contributed by atoms with Gasteiger partial charge in [-0.3, -0.25) is 9.69 Å². The number of anilines is 1. The Morgan fingerprint density at radius 1 is 1.12 bits per heavy atom. The summed E-state index contributed by atoms with van der Waals surface area (Å²) in [6.45, 7) is 2.76. The zero-order chi connectivity index (χ0) is 16.9. The van der Waals surface area contributed by atoms with Gasteiger partial charge >= 0.3 is 0 Å². The number of carbonyl (C=O) groups is 1. The summed E-state index contributed by atoms with van der Waals surface area (Å²) in [4.78, 5) is 14.5. The fourth-order valence-electron chi connectivity index (χ4n) is 3.36. The fraction of sp³-hybridized carbons (Fsp3) is 0.316. The van der Waals surface area contributed by atoms with E-state index in [0.717, 1.165) is 23.2 Å². The van der Waals surface area contributed by atoms with Gasteiger partial charge in [-0.25, -0.2) is 0 Å². The Bertz CT molecular complexity index is 692. The quantitative estimate of drug-likeness (QED) is 0.828. The maximum Gasteiger partial charge on any atom is 0.238 e. The largest absolute Gasteiger partial charge is 0.330 e. The van der Waals surface area contributed by atoms with E-state index in [1.54, 1.807) is 0 Å². The Labute approximate surface area is 151 Å². The Hall–Kier alpha value is -1.69. The molecule has 1 aliphatic rings. The molecule has 2 aromatic rings. The van der Waals surface area contributed by atoms with Gasteiger partial charge in [-0.1, -0.05) is 42.5 Å². The van der Waals surface area contributed by atoms with Gasteiger partial charge in [0.2, 0.25) is 5.91 Å². The van der Waals surface area contributed by atoms with Crippen molar-refractivity contribution in [3.05, 3.63) is 64.6 Å². The minimum absolute atomic E-state index is 0.00591. The number of nitrogens with two attached hydrogens (primary N) is 1. The molecule has 5 heteroatoms. The molecule has 0 bridgehead atoms. The van der Waals surface area contributed by atoms with Gasteiger partial charge in [0.25, 0.3) is 0 Å². The lowest BCUT2D eigenvalue weighted by Crippen LogP contribution is -2.32. The SMILES string of the molecule is NC[C@@H]1CN(CC(=O)Nc2ccccc2Br)C[C@H]1c1ccccc1. The number of para-hydroxylation sites is 1. The fourth-order valence-corrected chi connectivity index (χ4v) is 3.75. The summed E-state index contributed by atoms with van der Waals surface area (Å²) < 4.78 is 0.891. The van der Waals surface area contributed by atoms with Crippen LogP contribution in [0.2, 0.25) is 0 Å². The second-order valence-electron chi connectivity index (χ2n) is 6.24. The normalized spacial score (nSPS) is 20.9. The smallest absolute Gasteiger partial charge is 0.238 e. The number of halogens is 1. The van der Waals surface area contributed by atoms with Crippen LogP contribution in [0.25, 0.3) is 0 Å². The van der Waals surface area contributed by atoms with Crippen LogP contribution in [0.3, 0.4) is 0 Å². The maximum absolute atomic E-state index is 12.4. The van der Waals surface area contributed by atoms with E-state index in [1.807, 2.05) is 30.3 Å². The Balaban J connectivity index is 1.62. The van der Waals surface area contributed by atoms with Crippen LogP contribution >= 0.6 is 15.9 Å². The standard InChI is InChI=1S/C19H22BrN3O/c20-17-8-4-5-9-18(17)22-19(24)13-23-11-15(10-21)16(12-23)14-6-2-1-3-7-14/h1-9,15-16H,10-13,21H2,(H,22,24)/t15-,16+/m1/s1. The topological polar surface area (TPSA) is 58.4 Å². The highest BCUT2D eigenvalue weighted by atomic mass is 79.9. The predicted octanol–water partition coefficient (Wildman–Crippen LogP) is 3.06. The van der Waals surface area contributed by atoms with E-state index >= 15 is 0 Å². The molecular weight excluding hydrogens is 366 g/mol. The Morgan fingerprint density at radius 2 is 1.83 bits per heavy atom. The number of amides is 1. The molecule has 0 unspecified atom stereocenters. The lowest BCUT2D eigenvalue weighted by molar-refractivity contribution is -0.117. The third-order valence-corrected chi connectivity index (χ3v) is 5.25. The van der Waals surface area contributed by atoms with Crippen molar-refractivity contribution in [2.45, 2.75) is 5.92 Å². The first-order valence-corrected chi connectivity index (χ1v) is 8.98. The van der Waals surface area contributed by atoms with Gasteiger partial charge in [-0.05, 0) is 46.1 Å². The molecule has 2 aromatic carbocycles. The second-order valence-corrected chi connectivity index (χ2v) is 7.09. The number of nitrogens with zero attached hydrogens (tertiary/aromatic N) is 1. The van der Waals surface area contributed by atoms with E-state index in [9.17, 15) is 4.79 Å². The highest BCUT2D eigenvalue weighted by molar-refractivity contribution is 9.10. The van der Waals surface area contributed by atoms with Gasteiger partial charge in [0.05, 0.1) is 12.2 Å². The van der Waals surface area contributed by atoms with E-state index in [4.69, 9.17) is 5.73 Å². The summed E-state index contributed by atoms with van der Waals surface area (Å²) in [5.41, 5.74) is 8.07. The summed E-state index contributed by atoms with van der Waals surface area (Å²) in [6, 6.07) is 18.1. The van der Waals surface area contributed by atoms with Crippen LogP contribution in [0, 0.1) is 5.92 Å². The van der Waals surface area contributed by atoms with Crippen molar-refractivity contribution in [2.75, 3.05) is 31.5 Å². The number of benzene rings is 2. The molecule has 1 fully saturated rings. The summed E-state index contributed by atoms with van der Waals surface area (Å²) in [5.74, 6) is 0.794. The molecule has 3 rings (SSSR count). The lowest BCUT2D eigenvalue weighted by Gasteiger charge is -2.17. The second kappa shape index (κ2) is 7.92. The Kier molecular flexibility index (Phi) is 5.66. The van der Waals surface area contributed by atoms with E-state index in [-0.39, 0.29) is 5.91 Å². The lowest BCUT2D eigenvalue weighted by atomic mass is 9.89. The van der Waals surface area contributed by atoms with Crippen LogP contribution < -0.4 is 11.1 Å². The van der Waals surface area contributed by atoms with Crippen molar-refractivity contribution in [2.24, 2.45) is 11.7 Å². The first-order chi connectivity index (χ1) is 11.7. The Morgan fingerprint density at radius 3 is 2.54 bits per heavy atom. The van der Waals surface area contributed by atoms with Gasteiger partial charge in [-0.2, -0.15) is 0 Å². The predicted molar refractivity (Wildman–Crippen MR) is 101 cm³/mol. The van der Waals surface area contributed by atoms with E-state index in [1.165, 1.54) is 5.56 Å². The number of likely N-dealkylation sites (tertiary alicyclic amines) is 1. The van der Waals surface area contributed by atoms with E-state index in [2.05, 4.69) is 50.4 Å². The minimum Gasteiger partial charge on any atom is -0.330 e. The highest BCUT2D eigenvalue weighted by Gasteiger charge is 2.33. The molecule has 0 spiro atoms. The summed E-state index contributed by atoms with van der Waals surface area (Å²) in [5, 5.41) is 2.97. The van der Waals surface area contributed by atoms with Gasteiger partial charge < -0.3 is 11.1 Å². The summed E-state index contributed by atoms with van der Waals surface area (Å²) in [6.07, 6.45) is 0. The number of hydrogen-bond acceptors (Lipinski definition) is 3. The average Bonchev–Trinajstić information content (AvgIpc) is 3.00. The van der Waals surface area contributed by atoms with Crippen LogP contribution in [0.4, 0.5) is 5.69 Å². The van der Waals surface area contributed by atoms with Crippen LogP contribution in [0.1, 0.15) is 11.5 Å². The molecule has 24 heavy (non-hydrogen) atoms. The number of carbonyl (C=O) groups excluding carboxylic acids is 1. The molecule has 0 saturated carbocycles. The van der Waals surface area contributed by atoms with Crippen LogP contribution in [0.5, 0.6) is 0 Å². The van der Waals surface area contributed by atoms with Crippen molar-refractivity contribution in [1.29, 1.82) is 0 Å². The minimum atomic E-state index is 0.00591. The number of hydrogen-bond donors (Lipinski definition) is 2. The van der Waals surface area contributed by atoms with Crippen molar-refractivity contribution in [3.8, 4) is 0 Å². The highest BCUT2D eigenvalue weighted by Crippen LogP contribution is 2.31. The van der Waals surface area contributed by atoms with Crippen molar-refractivity contribution in [3.63, 3.8) is 0 Å². The molecule has 1 heterocycles. The van der Waals surface area contributed by atoms with Gasteiger partial charge in [0, 0.05) is 23.5 Å². The summed E-state index contributed by atoms with van der Waals surface area (Å²) >= 11 is 3.45. The molecule has 2 atom stereocenters. The van der Waals surface area contributed by atoms with Crippen molar-refractivity contribution in [1.82, 2.24) is 4.90 Å². The zero-order valence-electron chi connectivity index (χ0n) is 13.5. The zero-order valence-corrected chi connectivity index (χ0v) is 15.1. The third-order valence-electron chi connectivity index (χ3n) is 4.56. The number of rotatable bonds is 5. The first-order valence-electron chi connectivity index (χ1n) is 8.19. The molecule has 1 amide bonds. The molecule has 4 nitrogen and oxygen atoms in total. The molecule has 1 saturated heterocycles. The van der Waals surface area contributed by atoms with Crippen molar-refractivity contribution >= 4 is 27.5 Å². The van der Waals surface area contributed by atoms with Crippen LogP contribution in [-0.2, 0) is 4.79 Å². The van der Waals surface area contributed by atoms with E-state index in [0.29, 0.717) is 24.9 Å². The monoisotopic (exact) mass is 387 g/mol. The molecule has 0 radical (unpaired) electrons. The average molecular weight is 388 g/mol. The van der Waals surface area contributed by atoms with E-state index < -0.39 is 0 Å². The molecule has 126 valence electrons. The van der Waals surface area contributed by atoms with Gasteiger partial charge in [0.15, 0.2) is 0 Å².